The van der Waals surface area contributed by atoms with E-state index < -0.39 is 7.26 Å². The number of hydrogen-bond donors (Lipinski definition) is 0. The molecule has 1 heterocycles. The van der Waals surface area contributed by atoms with Gasteiger partial charge < -0.3 is 0 Å². The first-order chi connectivity index (χ1) is 20.6. The van der Waals surface area contributed by atoms with Gasteiger partial charge in [-0.05, 0) is 71.6 Å². The van der Waals surface area contributed by atoms with Crippen LogP contribution in [-0.4, -0.2) is 4.98 Å². The number of hydrogen-bond acceptors (Lipinski definition) is 1. The van der Waals surface area contributed by atoms with E-state index >= 15 is 0 Å². The van der Waals surface area contributed by atoms with Crippen LogP contribution < -0.4 is 15.9 Å². The Labute approximate surface area is 249 Å². The fourth-order valence-electron chi connectivity index (χ4n) is 5.88. The summed E-state index contributed by atoms with van der Waals surface area (Å²) in [5, 5.41) is 3.98. The van der Waals surface area contributed by atoms with Crippen LogP contribution in [0.4, 0.5) is 4.39 Å². The molecule has 0 bridgehead atoms. The molecule has 42 heavy (non-hydrogen) atoms. The second-order valence-electron chi connectivity index (χ2n) is 10.9. The zero-order valence-corrected chi connectivity index (χ0v) is 24.9. The maximum atomic E-state index is 14.2. The van der Waals surface area contributed by atoms with Crippen LogP contribution in [0.15, 0.2) is 152 Å². The van der Waals surface area contributed by atoms with E-state index in [0.717, 1.165) is 34.2 Å². The Hall–Kier alpha value is -4.39. The highest BCUT2D eigenvalue weighted by molar-refractivity contribution is 7.95. The van der Waals surface area contributed by atoms with E-state index in [0.29, 0.717) is 0 Å². The molecule has 1 aromatic heterocycles. The normalized spacial score (nSPS) is 11.5. The third-order valence-electron chi connectivity index (χ3n) is 7.91. The van der Waals surface area contributed by atoms with Crippen molar-refractivity contribution in [2.45, 2.75) is 25.9 Å². The molecule has 1 nitrogen and oxygen atoms in total. The van der Waals surface area contributed by atoms with Crippen LogP contribution in [0.2, 0.25) is 0 Å². The van der Waals surface area contributed by atoms with Gasteiger partial charge in [-0.25, -0.2) is 4.39 Å². The Morgan fingerprint density at radius 2 is 1.02 bits per heavy atom. The summed E-state index contributed by atoms with van der Waals surface area (Å²) in [6, 6.07) is 52.4. The van der Waals surface area contributed by atoms with Gasteiger partial charge in [0.05, 0.1) is 11.4 Å². The number of pyridine rings is 1. The number of aromatic nitrogens is 1. The fraction of sp³-hybridized carbons (Fsp3) is 0.103. The minimum atomic E-state index is -2.20. The minimum Gasteiger partial charge on any atom is -0.252 e. The smallest absolute Gasteiger partial charge is 0.123 e. The summed E-state index contributed by atoms with van der Waals surface area (Å²) < 4.78 is 14.2. The largest absolute Gasteiger partial charge is 0.252 e. The van der Waals surface area contributed by atoms with Crippen molar-refractivity contribution < 1.29 is 4.39 Å². The lowest BCUT2D eigenvalue weighted by Crippen LogP contribution is -2.33. The second-order valence-corrected chi connectivity index (χ2v) is 14.4. The maximum Gasteiger partial charge on any atom is 0.123 e. The second kappa shape index (κ2) is 12.2. The summed E-state index contributed by atoms with van der Waals surface area (Å²) >= 11 is 0. The van der Waals surface area contributed by atoms with Gasteiger partial charge in [0.2, 0.25) is 0 Å². The zero-order chi connectivity index (χ0) is 28.9. The van der Waals surface area contributed by atoms with Gasteiger partial charge in [0.25, 0.3) is 0 Å². The van der Waals surface area contributed by atoms with Crippen molar-refractivity contribution in [3.63, 3.8) is 0 Å². The first kappa shape index (κ1) is 27.8. The van der Waals surface area contributed by atoms with Crippen LogP contribution in [0.3, 0.4) is 0 Å². The van der Waals surface area contributed by atoms with E-state index in [1.807, 2.05) is 30.3 Å². The van der Waals surface area contributed by atoms with Crippen molar-refractivity contribution in [1.82, 2.24) is 4.98 Å². The molecule has 0 N–H and O–H groups in total. The average Bonchev–Trinajstić information content (AvgIpc) is 3.05. The molecule has 3 heteroatoms. The Bertz CT molecular complexity index is 1650. The van der Waals surface area contributed by atoms with Gasteiger partial charge in [0, 0.05) is 11.1 Å². The summed E-state index contributed by atoms with van der Waals surface area (Å²) in [5.41, 5.74) is 6.43. The van der Waals surface area contributed by atoms with E-state index in [1.54, 1.807) is 12.1 Å². The maximum absolute atomic E-state index is 14.2. The first-order valence-corrected chi connectivity index (χ1v) is 16.4. The highest BCUT2D eigenvalue weighted by Gasteiger charge is 2.46. The monoisotopic (exact) mass is 566 g/mol. The van der Waals surface area contributed by atoms with Gasteiger partial charge in [0.1, 0.15) is 35.2 Å². The lowest BCUT2D eigenvalue weighted by molar-refractivity contribution is 0.628. The molecule has 0 unspecified atom stereocenters. The summed E-state index contributed by atoms with van der Waals surface area (Å²) in [6.45, 7) is 4.45. The number of benzene rings is 5. The van der Waals surface area contributed by atoms with Gasteiger partial charge in [-0.3, -0.25) is 4.98 Å². The van der Waals surface area contributed by atoms with Gasteiger partial charge in [-0.1, -0.05) is 111 Å². The van der Waals surface area contributed by atoms with E-state index in [9.17, 15) is 4.39 Å². The highest BCUT2D eigenvalue weighted by Crippen LogP contribution is 2.59. The Morgan fingerprint density at radius 1 is 0.571 bits per heavy atom. The molecule has 0 aliphatic rings. The van der Waals surface area contributed by atoms with Crippen LogP contribution in [0.25, 0.3) is 22.4 Å². The van der Waals surface area contributed by atoms with Gasteiger partial charge in [-0.15, -0.1) is 0 Å². The standard InChI is InChI=1S/C39H34FNP/c1-29(2)39-37(36(30-23-25-32(40)26-24-30)27-38(41-39)31-15-7-3-8-16-31)28-42(33-17-9-4-10-18-33,34-19-11-5-12-20-34)35-21-13-6-14-22-35/h3-27,29H,28H2,1-2H3/q+1. The molecule has 0 aliphatic carbocycles. The van der Waals surface area contributed by atoms with E-state index in [-0.39, 0.29) is 11.7 Å². The third kappa shape index (κ3) is 5.43. The molecule has 0 atom stereocenters. The van der Waals surface area contributed by atoms with Crippen molar-refractivity contribution in [2.24, 2.45) is 0 Å². The summed E-state index contributed by atoms with van der Waals surface area (Å²) in [4.78, 5) is 5.36. The molecule has 0 saturated carbocycles. The molecule has 0 radical (unpaired) electrons. The number of nitrogens with zero attached hydrogens (tertiary/aromatic N) is 1. The average molecular weight is 567 g/mol. The number of rotatable bonds is 8. The van der Waals surface area contributed by atoms with Crippen LogP contribution >= 0.6 is 7.26 Å². The molecule has 206 valence electrons. The van der Waals surface area contributed by atoms with Crippen molar-refractivity contribution in [3.05, 3.63) is 169 Å². The SMILES string of the molecule is CC(C)c1nc(-c2ccccc2)cc(-c2ccc(F)cc2)c1C[P+](c1ccccc1)(c1ccccc1)c1ccccc1. The summed E-state index contributed by atoms with van der Waals surface area (Å²) in [5.74, 6) is -0.0477. The predicted octanol–water partition coefficient (Wildman–Crippen LogP) is 9.17. The van der Waals surface area contributed by atoms with Crippen LogP contribution in [0.1, 0.15) is 31.0 Å². The van der Waals surface area contributed by atoms with Crippen molar-refractivity contribution in [2.75, 3.05) is 0 Å². The lowest BCUT2D eigenvalue weighted by Gasteiger charge is -2.30. The molecule has 6 rings (SSSR count). The topological polar surface area (TPSA) is 12.9 Å². The van der Waals surface area contributed by atoms with Gasteiger partial charge >= 0.3 is 0 Å². The molecule has 0 aliphatic heterocycles. The molecule has 6 aromatic rings. The summed E-state index contributed by atoms with van der Waals surface area (Å²) in [6.07, 6.45) is 0.799. The van der Waals surface area contributed by atoms with Crippen LogP contribution in [0.5, 0.6) is 0 Å². The Morgan fingerprint density at radius 3 is 1.48 bits per heavy atom. The van der Waals surface area contributed by atoms with Crippen molar-refractivity contribution in [1.29, 1.82) is 0 Å². The fourth-order valence-corrected chi connectivity index (χ4v) is 10.2. The Kier molecular flexibility index (Phi) is 8.08. The van der Waals surface area contributed by atoms with Gasteiger partial charge in [0.15, 0.2) is 0 Å². The van der Waals surface area contributed by atoms with E-state index in [2.05, 4.69) is 123 Å². The Balaban J connectivity index is 1.69. The van der Waals surface area contributed by atoms with Crippen molar-refractivity contribution >= 4 is 23.2 Å². The minimum absolute atomic E-state index is 0.187. The molecular formula is C39H34FNP+. The molecule has 0 amide bonds. The lowest BCUT2D eigenvalue weighted by atomic mass is 9.93. The van der Waals surface area contributed by atoms with Crippen LogP contribution in [0, 0.1) is 5.82 Å². The molecule has 0 fully saturated rings. The molecule has 0 saturated heterocycles. The van der Waals surface area contributed by atoms with E-state index in [1.165, 1.54) is 21.5 Å². The molecule has 5 aromatic carbocycles. The zero-order valence-electron chi connectivity index (χ0n) is 24.0. The van der Waals surface area contributed by atoms with Crippen LogP contribution in [-0.2, 0) is 6.16 Å². The van der Waals surface area contributed by atoms with E-state index in [4.69, 9.17) is 4.98 Å². The highest BCUT2D eigenvalue weighted by atomic mass is 31.2. The van der Waals surface area contributed by atoms with Gasteiger partial charge in [-0.2, -0.15) is 0 Å². The molecule has 0 spiro atoms. The van der Waals surface area contributed by atoms with Crippen molar-refractivity contribution in [3.8, 4) is 22.4 Å². The summed E-state index contributed by atoms with van der Waals surface area (Å²) in [7, 11) is -2.20. The predicted molar refractivity (Wildman–Crippen MR) is 178 cm³/mol. The third-order valence-corrected chi connectivity index (χ3v) is 12.2. The quantitative estimate of drug-likeness (QED) is 0.167. The first-order valence-electron chi connectivity index (χ1n) is 14.5. The number of halogens is 1. The molecular weight excluding hydrogens is 532 g/mol.